The molecule has 0 amide bonds. The molecule has 6 rings (SSSR count). The van der Waals surface area contributed by atoms with Crippen LogP contribution in [0.15, 0.2) is 18.2 Å². The molecule has 4 bridgehead atoms. The molecule has 1 saturated heterocycles. The third-order valence-electron chi connectivity index (χ3n) is 8.16. The Balaban J connectivity index is 1.27. The standard InChI is InChI=1S/C23H33N3O3/c1-28-20-11-18(3-4-19(20)24)25-5-7-26(8-6-25)21-16-9-15-10-17(21)14-23(12-15,13-16)22(27)29-2/h3-4,11,15-17,21H,5-10,12-14,24H2,1-2H3. The fraction of sp³-hybridized carbons (Fsp3) is 0.696. The summed E-state index contributed by atoms with van der Waals surface area (Å²) in [4.78, 5) is 17.7. The van der Waals surface area contributed by atoms with Crippen molar-refractivity contribution in [3.63, 3.8) is 0 Å². The van der Waals surface area contributed by atoms with E-state index in [1.165, 1.54) is 18.5 Å². The topological polar surface area (TPSA) is 68.0 Å². The number of carbonyl (C=O) groups excluding carboxylic acids is 1. The molecule has 0 spiro atoms. The molecule has 2 atom stereocenters. The summed E-state index contributed by atoms with van der Waals surface area (Å²) in [5.74, 6) is 2.84. The minimum atomic E-state index is -0.176. The van der Waals surface area contributed by atoms with Crippen LogP contribution in [0.25, 0.3) is 0 Å². The normalized spacial score (nSPS) is 36.3. The van der Waals surface area contributed by atoms with E-state index in [1.807, 2.05) is 12.1 Å². The molecule has 0 radical (unpaired) electrons. The number of nitrogens with zero attached hydrogens (tertiary/aromatic N) is 2. The van der Waals surface area contributed by atoms with E-state index in [0.29, 0.717) is 23.6 Å². The second kappa shape index (κ2) is 7.08. The van der Waals surface area contributed by atoms with Gasteiger partial charge in [-0.15, -0.1) is 0 Å². The molecule has 158 valence electrons. The largest absolute Gasteiger partial charge is 0.495 e. The number of benzene rings is 1. The van der Waals surface area contributed by atoms with Crippen LogP contribution < -0.4 is 15.4 Å². The maximum Gasteiger partial charge on any atom is 0.311 e. The quantitative estimate of drug-likeness (QED) is 0.620. The molecule has 4 aliphatic carbocycles. The second-order valence-corrected chi connectivity index (χ2v) is 9.68. The maximum atomic E-state index is 12.6. The Hall–Kier alpha value is -1.95. The Morgan fingerprint density at radius 2 is 1.76 bits per heavy atom. The predicted molar refractivity (Wildman–Crippen MR) is 113 cm³/mol. The highest BCUT2D eigenvalue weighted by atomic mass is 16.5. The van der Waals surface area contributed by atoms with Gasteiger partial charge in [0, 0.05) is 44.0 Å². The summed E-state index contributed by atoms with van der Waals surface area (Å²) in [5, 5.41) is 0. The summed E-state index contributed by atoms with van der Waals surface area (Å²) in [5.41, 5.74) is 7.67. The van der Waals surface area contributed by atoms with Crippen molar-refractivity contribution in [3.8, 4) is 5.75 Å². The molecule has 1 aromatic rings. The Morgan fingerprint density at radius 3 is 2.38 bits per heavy atom. The lowest BCUT2D eigenvalue weighted by Crippen LogP contribution is -2.63. The van der Waals surface area contributed by atoms with Crippen molar-refractivity contribution in [2.24, 2.45) is 23.2 Å². The summed E-state index contributed by atoms with van der Waals surface area (Å²) in [6.45, 7) is 4.21. The number of hydrogen-bond acceptors (Lipinski definition) is 6. The summed E-state index contributed by atoms with van der Waals surface area (Å²) >= 11 is 0. The molecule has 5 aliphatic rings. The van der Waals surface area contributed by atoms with Gasteiger partial charge in [0.2, 0.25) is 0 Å². The van der Waals surface area contributed by atoms with Gasteiger partial charge in [0.1, 0.15) is 5.75 Å². The van der Waals surface area contributed by atoms with Gasteiger partial charge in [-0.25, -0.2) is 0 Å². The van der Waals surface area contributed by atoms with Gasteiger partial charge in [0.15, 0.2) is 0 Å². The van der Waals surface area contributed by atoms with Gasteiger partial charge in [0.05, 0.1) is 25.3 Å². The SMILES string of the molecule is COC(=O)C12CC3CC(C1)C(N1CCN(c4ccc(N)c(OC)c4)CC1)C(C3)C2. The first-order chi connectivity index (χ1) is 14.0. The number of nitrogen functional groups attached to an aromatic ring is 1. The molecule has 29 heavy (non-hydrogen) atoms. The highest BCUT2D eigenvalue weighted by Gasteiger charge is 2.60. The van der Waals surface area contributed by atoms with Gasteiger partial charge in [-0.2, -0.15) is 0 Å². The van der Waals surface area contributed by atoms with Crippen LogP contribution in [0, 0.1) is 23.2 Å². The van der Waals surface area contributed by atoms with Crippen LogP contribution in [0.4, 0.5) is 11.4 Å². The zero-order valence-corrected chi connectivity index (χ0v) is 17.6. The van der Waals surface area contributed by atoms with E-state index < -0.39 is 0 Å². The summed E-state index contributed by atoms with van der Waals surface area (Å²) in [7, 11) is 3.23. The lowest BCUT2D eigenvalue weighted by Gasteiger charge is -2.61. The zero-order valence-electron chi connectivity index (χ0n) is 17.6. The average Bonchev–Trinajstić information content (AvgIpc) is 2.73. The summed E-state index contributed by atoms with van der Waals surface area (Å²) in [6, 6.07) is 6.72. The lowest BCUT2D eigenvalue weighted by molar-refractivity contribution is -0.176. The third-order valence-corrected chi connectivity index (χ3v) is 8.16. The average molecular weight is 400 g/mol. The molecule has 1 heterocycles. The van der Waals surface area contributed by atoms with E-state index >= 15 is 0 Å². The van der Waals surface area contributed by atoms with Gasteiger partial charge < -0.3 is 20.1 Å². The Morgan fingerprint density at radius 1 is 1.07 bits per heavy atom. The highest BCUT2D eigenvalue weighted by Crippen LogP contribution is 2.61. The highest BCUT2D eigenvalue weighted by molar-refractivity contribution is 5.77. The molecule has 6 nitrogen and oxygen atoms in total. The van der Waals surface area contributed by atoms with Crippen LogP contribution in [-0.2, 0) is 9.53 Å². The Kier molecular flexibility index (Phi) is 4.65. The van der Waals surface area contributed by atoms with Gasteiger partial charge in [-0.3, -0.25) is 9.69 Å². The number of carbonyl (C=O) groups is 1. The van der Waals surface area contributed by atoms with Crippen molar-refractivity contribution in [2.75, 3.05) is 51.0 Å². The van der Waals surface area contributed by atoms with Crippen LogP contribution in [0.1, 0.15) is 32.1 Å². The van der Waals surface area contributed by atoms with E-state index in [2.05, 4.69) is 15.9 Å². The Labute approximate surface area is 173 Å². The minimum Gasteiger partial charge on any atom is -0.495 e. The summed E-state index contributed by atoms with van der Waals surface area (Å²) in [6.07, 6.45) is 5.73. The lowest BCUT2D eigenvalue weighted by atomic mass is 9.47. The predicted octanol–water partition coefficient (Wildman–Crippen LogP) is 2.77. The van der Waals surface area contributed by atoms with E-state index in [-0.39, 0.29) is 11.4 Å². The first-order valence-electron chi connectivity index (χ1n) is 11.0. The zero-order chi connectivity index (χ0) is 20.2. The number of hydrogen-bond donors (Lipinski definition) is 1. The van der Waals surface area contributed by atoms with Gasteiger partial charge >= 0.3 is 5.97 Å². The van der Waals surface area contributed by atoms with Crippen molar-refractivity contribution >= 4 is 17.3 Å². The van der Waals surface area contributed by atoms with E-state index in [9.17, 15) is 4.79 Å². The van der Waals surface area contributed by atoms with Gasteiger partial charge in [-0.1, -0.05) is 0 Å². The van der Waals surface area contributed by atoms with Crippen molar-refractivity contribution in [3.05, 3.63) is 18.2 Å². The first kappa shape index (κ1) is 19.0. The number of ether oxygens (including phenoxy) is 2. The van der Waals surface area contributed by atoms with Crippen LogP contribution in [0.3, 0.4) is 0 Å². The fourth-order valence-electron chi connectivity index (χ4n) is 7.24. The second-order valence-electron chi connectivity index (χ2n) is 9.68. The molecule has 1 aliphatic heterocycles. The van der Waals surface area contributed by atoms with E-state index in [0.717, 1.165) is 57.1 Å². The number of methoxy groups -OCH3 is 2. The third kappa shape index (κ3) is 3.07. The number of anilines is 2. The number of piperazine rings is 1. The van der Waals surface area contributed by atoms with Crippen molar-refractivity contribution in [2.45, 2.75) is 38.1 Å². The number of nitrogens with two attached hydrogens (primary N) is 1. The fourth-order valence-corrected chi connectivity index (χ4v) is 7.24. The van der Waals surface area contributed by atoms with Crippen molar-refractivity contribution < 1.29 is 14.3 Å². The molecular formula is C23H33N3O3. The minimum absolute atomic E-state index is 0.0532. The van der Waals surface area contributed by atoms with Gasteiger partial charge in [-0.05, 0) is 62.0 Å². The van der Waals surface area contributed by atoms with E-state index in [4.69, 9.17) is 15.2 Å². The molecule has 5 fully saturated rings. The van der Waals surface area contributed by atoms with Gasteiger partial charge in [0.25, 0.3) is 0 Å². The molecule has 6 heteroatoms. The monoisotopic (exact) mass is 399 g/mol. The van der Waals surface area contributed by atoms with Crippen LogP contribution in [-0.4, -0.2) is 57.3 Å². The van der Waals surface area contributed by atoms with E-state index in [1.54, 1.807) is 14.2 Å². The van der Waals surface area contributed by atoms with Crippen LogP contribution in [0.5, 0.6) is 5.75 Å². The van der Waals surface area contributed by atoms with Crippen molar-refractivity contribution in [1.82, 2.24) is 4.90 Å². The summed E-state index contributed by atoms with van der Waals surface area (Å²) < 4.78 is 10.6. The Bertz CT molecular complexity index is 774. The number of rotatable bonds is 4. The molecule has 2 unspecified atom stereocenters. The molecular weight excluding hydrogens is 366 g/mol. The first-order valence-corrected chi connectivity index (χ1v) is 11.0. The molecule has 0 aromatic heterocycles. The molecule has 4 saturated carbocycles. The maximum absolute atomic E-state index is 12.6. The molecule has 2 N–H and O–H groups in total. The van der Waals surface area contributed by atoms with Crippen LogP contribution >= 0.6 is 0 Å². The van der Waals surface area contributed by atoms with Crippen molar-refractivity contribution in [1.29, 1.82) is 0 Å². The smallest absolute Gasteiger partial charge is 0.311 e. The molecule has 1 aromatic carbocycles. The van der Waals surface area contributed by atoms with Crippen LogP contribution in [0.2, 0.25) is 0 Å². The number of esters is 1.